The van der Waals surface area contributed by atoms with E-state index in [2.05, 4.69) is 19.1 Å². The van der Waals surface area contributed by atoms with E-state index >= 15 is 0 Å². The van der Waals surface area contributed by atoms with Gasteiger partial charge < -0.3 is 0 Å². The molecule has 2 saturated carbocycles. The van der Waals surface area contributed by atoms with E-state index in [0.717, 1.165) is 37.5 Å². The molecule has 1 aromatic carbocycles. The van der Waals surface area contributed by atoms with Crippen LogP contribution in [0.5, 0.6) is 0 Å². The third kappa shape index (κ3) is 5.42. The van der Waals surface area contributed by atoms with E-state index < -0.39 is 11.6 Å². The zero-order valence-electron chi connectivity index (χ0n) is 17.2. The van der Waals surface area contributed by atoms with Crippen LogP contribution >= 0.6 is 0 Å². The fraction of sp³-hybridized carbons (Fsp3) is 0.680. The molecule has 3 rings (SSSR count). The number of benzene rings is 1. The average Bonchev–Trinajstić information content (AvgIpc) is 2.71. The van der Waals surface area contributed by atoms with Gasteiger partial charge in [0.2, 0.25) is 0 Å². The summed E-state index contributed by atoms with van der Waals surface area (Å²) in [5, 5.41) is 0. The fourth-order valence-electron chi connectivity index (χ4n) is 5.15. The maximum Gasteiger partial charge on any atom is 0.162 e. The van der Waals surface area contributed by atoms with Gasteiger partial charge in [0, 0.05) is 0 Å². The van der Waals surface area contributed by atoms with E-state index in [1.54, 1.807) is 19.1 Å². The molecule has 27 heavy (non-hydrogen) atoms. The van der Waals surface area contributed by atoms with Crippen molar-refractivity contribution in [2.75, 3.05) is 0 Å². The van der Waals surface area contributed by atoms with Gasteiger partial charge in [-0.05, 0) is 80.2 Å². The molecule has 150 valence electrons. The van der Waals surface area contributed by atoms with Crippen LogP contribution in [-0.2, 0) is 0 Å². The molecule has 0 bridgehead atoms. The van der Waals surface area contributed by atoms with Gasteiger partial charge in [-0.3, -0.25) is 0 Å². The summed E-state index contributed by atoms with van der Waals surface area (Å²) in [5.74, 6) is 1.44. The molecular weight excluding hydrogens is 338 g/mol. The lowest BCUT2D eigenvalue weighted by atomic mass is 9.77. The molecule has 0 atom stereocenters. The second kappa shape index (κ2) is 9.85. The zero-order valence-corrected chi connectivity index (χ0v) is 17.2. The zero-order chi connectivity index (χ0) is 19.2. The van der Waals surface area contributed by atoms with Crippen LogP contribution in [0.3, 0.4) is 0 Å². The quantitative estimate of drug-likeness (QED) is 0.441. The van der Waals surface area contributed by atoms with E-state index in [9.17, 15) is 8.78 Å². The summed E-state index contributed by atoms with van der Waals surface area (Å²) in [7, 11) is 0. The minimum Gasteiger partial charge on any atom is -0.203 e. The van der Waals surface area contributed by atoms with Crippen molar-refractivity contribution in [2.45, 2.75) is 90.4 Å². The van der Waals surface area contributed by atoms with Crippen molar-refractivity contribution in [2.24, 2.45) is 17.8 Å². The highest BCUT2D eigenvalue weighted by Crippen LogP contribution is 2.38. The second-order valence-electron chi connectivity index (χ2n) is 9.01. The van der Waals surface area contributed by atoms with Crippen molar-refractivity contribution in [3.05, 3.63) is 47.0 Å². The lowest BCUT2D eigenvalue weighted by Gasteiger charge is -2.28. The SMILES string of the molecule is CCC1CCC(CC/C=C/C2CCC(c3ccc(C)c(F)c3F)CC2)CC1. The van der Waals surface area contributed by atoms with E-state index in [0.29, 0.717) is 17.0 Å². The fourth-order valence-corrected chi connectivity index (χ4v) is 5.15. The lowest BCUT2D eigenvalue weighted by Crippen LogP contribution is -2.14. The van der Waals surface area contributed by atoms with E-state index in [4.69, 9.17) is 0 Å². The van der Waals surface area contributed by atoms with Crippen molar-refractivity contribution in [3.8, 4) is 0 Å². The molecular formula is C25H36F2. The van der Waals surface area contributed by atoms with Crippen LogP contribution in [0, 0.1) is 36.3 Å². The van der Waals surface area contributed by atoms with Gasteiger partial charge in [0.15, 0.2) is 11.6 Å². The van der Waals surface area contributed by atoms with Crippen molar-refractivity contribution in [1.29, 1.82) is 0 Å². The van der Waals surface area contributed by atoms with Gasteiger partial charge in [-0.15, -0.1) is 0 Å². The number of aryl methyl sites for hydroxylation is 1. The molecule has 0 heterocycles. The first kappa shape index (κ1) is 20.6. The number of hydrogen-bond acceptors (Lipinski definition) is 0. The summed E-state index contributed by atoms with van der Waals surface area (Å²) in [6.45, 7) is 3.95. The molecule has 0 saturated heterocycles. The first-order valence-corrected chi connectivity index (χ1v) is 11.2. The lowest BCUT2D eigenvalue weighted by molar-refractivity contribution is 0.259. The van der Waals surface area contributed by atoms with Gasteiger partial charge in [-0.1, -0.05) is 63.3 Å². The summed E-state index contributed by atoms with van der Waals surface area (Å²) in [4.78, 5) is 0. The first-order valence-electron chi connectivity index (χ1n) is 11.2. The normalized spacial score (nSPS) is 29.3. The standard InChI is InChI=1S/C25H36F2/c1-3-19-9-11-20(12-10-19)6-4-5-7-21-13-15-22(16-14-21)23-17-8-18(2)24(26)25(23)27/h5,7-8,17,19-22H,3-4,6,9-16H2,1-2H3/b7-5+. The molecule has 2 heteroatoms. The Morgan fingerprint density at radius 3 is 2.22 bits per heavy atom. The van der Waals surface area contributed by atoms with Gasteiger partial charge in [0.1, 0.15) is 0 Å². The minimum absolute atomic E-state index is 0.179. The first-order chi connectivity index (χ1) is 13.1. The molecule has 2 aliphatic carbocycles. The van der Waals surface area contributed by atoms with Gasteiger partial charge in [0.05, 0.1) is 0 Å². The molecule has 0 aromatic heterocycles. The van der Waals surface area contributed by atoms with Crippen LogP contribution in [0.25, 0.3) is 0 Å². The summed E-state index contributed by atoms with van der Waals surface area (Å²) in [5.41, 5.74) is 0.985. The summed E-state index contributed by atoms with van der Waals surface area (Å²) >= 11 is 0. The van der Waals surface area contributed by atoms with Gasteiger partial charge >= 0.3 is 0 Å². The van der Waals surface area contributed by atoms with E-state index in [1.807, 2.05) is 0 Å². The molecule has 2 fully saturated rings. The largest absolute Gasteiger partial charge is 0.203 e. The van der Waals surface area contributed by atoms with Crippen LogP contribution in [0.15, 0.2) is 24.3 Å². The average molecular weight is 375 g/mol. The van der Waals surface area contributed by atoms with Crippen molar-refractivity contribution in [1.82, 2.24) is 0 Å². The monoisotopic (exact) mass is 374 g/mol. The van der Waals surface area contributed by atoms with Crippen LogP contribution in [-0.4, -0.2) is 0 Å². The van der Waals surface area contributed by atoms with Crippen LogP contribution in [0.4, 0.5) is 8.78 Å². The predicted molar refractivity (Wildman–Crippen MR) is 110 cm³/mol. The molecule has 0 aliphatic heterocycles. The van der Waals surface area contributed by atoms with Crippen LogP contribution in [0.1, 0.15) is 94.6 Å². The highest BCUT2D eigenvalue weighted by atomic mass is 19.2. The highest BCUT2D eigenvalue weighted by Gasteiger charge is 2.25. The minimum atomic E-state index is -0.664. The third-order valence-electron chi connectivity index (χ3n) is 7.21. The maximum atomic E-state index is 14.2. The molecule has 0 spiro atoms. The van der Waals surface area contributed by atoms with Crippen molar-refractivity contribution >= 4 is 0 Å². The Balaban J connectivity index is 1.39. The summed E-state index contributed by atoms with van der Waals surface area (Å²) in [6.07, 6.45) is 18.6. The molecule has 0 N–H and O–H groups in total. The Hall–Kier alpha value is -1.18. The molecule has 0 nitrogen and oxygen atoms in total. The van der Waals surface area contributed by atoms with Gasteiger partial charge in [-0.2, -0.15) is 0 Å². The number of allylic oxidation sites excluding steroid dienone is 2. The van der Waals surface area contributed by atoms with Crippen LogP contribution in [0.2, 0.25) is 0 Å². The Labute approximate surface area is 164 Å². The highest BCUT2D eigenvalue weighted by molar-refractivity contribution is 5.28. The smallest absolute Gasteiger partial charge is 0.162 e. The van der Waals surface area contributed by atoms with E-state index in [1.165, 1.54) is 44.9 Å². The van der Waals surface area contributed by atoms with Crippen molar-refractivity contribution in [3.63, 3.8) is 0 Å². The Morgan fingerprint density at radius 1 is 0.889 bits per heavy atom. The summed E-state index contributed by atoms with van der Waals surface area (Å²) in [6, 6.07) is 3.51. The molecule has 0 amide bonds. The maximum absolute atomic E-state index is 14.2. The molecule has 0 unspecified atom stereocenters. The Morgan fingerprint density at radius 2 is 1.56 bits per heavy atom. The Kier molecular flexibility index (Phi) is 7.49. The molecule has 0 radical (unpaired) electrons. The Bertz CT molecular complexity index is 617. The van der Waals surface area contributed by atoms with E-state index in [-0.39, 0.29) is 5.92 Å². The summed E-state index contributed by atoms with van der Waals surface area (Å²) < 4.78 is 28.1. The van der Waals surface area contributed by atoms with Gasteiger partial charge in [-0.25, -0.2) is 8.78 Å². The number of rotatable bonds is 6. The molecule has 1 aromatic rings. The topological polar surface area (TPSA) is 0 Å². The second-order valence-corrected chi connectivity index (χ2v) is 9.01. The van der Waals surface area contributed by atoms with Crippen LogP contribution < -0.4 is 0 Å². The molecule has 2 aliphatic rings. The number of hydrogen-bond donors (Lipinski definition) is 0. The van der Waals surface area contributed by atoms with Gasteiger partial charge in [0.25, 0.3) is 0 Å². The third-order valence-corrected chi connectivity index (χ3v) is 7.21. The van der Waals surface area contributed by atoms with Crippen molar-refractivity contribution < 1.29 is 8.78 Å². The number of halogens is 2. The predicted octanol–water partition coefficient (Wildman–Crippen LogP) is 8.10.